The highest BCUT2D eigenvalue weighted by Crippen LogP contribution is 2.37. The number of hydrogen-bond acceptors (Lipinski definition) is 6. The molecule has 0 aromatic heterocycles. The summed E-state index contributed by atoms with van der Waals surface area (Å²) in [6, 6.07) is 24.3. The first-order valence-corrected chi connectivity index (χ1v) is 11.0. The third-order valence-corrected chi connectivity index (χ3v) is 6.35. The molecule has 2 N–H and O–H groups in total. The van der Waals surface area contributed by atoms with Crippen LogP contribution in [-0.4, -0.2) is 35.2 Å². The number of amides is 1. The predicted molar refractivity (Wildman–Crippen MR) is 128 cm³/mol. The molecule has 3 aromatic carbocycles. The van der Waals surface area contributed by atoms with Gasteiger partial charge >= 0.3 is 0 Å². The van der Waals surface area contributed by atoms with Gasteiger partial charge in [-0.2, -0.15) is 0 Å². The van der Waals surface area contributed by atoms with Gasteiger partial charge in [-0.15, -0.1) is 0 Å². The van der Waals surface area contributed by atoms with Crippen LogP contribution in [0.15, 0.2) is 84.9 Å². The molecular weight excluding hydrogens is 432 g/mol. The number of hydrogen-bond donors (Lipinski definition) is 2. The van der Waals surface area contributed by atoms with Gasteiger partial charge in [-0.3, -0.25) is 19.9 Å². The lowest BCUT2D eigenvalue weighted by molar-refractivity contribution is -0.384. The van der Waals surface area contributed by atoms with Crippen molar-refractivity contribution in [1.82, 2.24) is 15.8 Å². The standard InChI is InChI=1S/C26H24N4O4/c1-34-21-13-9-19(10-14-21)25-23(15-17-5-3-2-4-6-17)28-29-24(31)16-22(27-26(25)29)18-7-11-20(12-8-18)30(32)33/h2-14,16,23,25-28H,15H2,1H3. The highest BCUT2D eigenvalue weighted by molar-refractivity contribution is 5.97. The van der Waals surface area contributed by atoms with Crippen molar-refractivity contribution in [2.45, 2.75) is 24.5 Å². The van der Waals surface area contributed by atoms with E-state index in [-0.39, 0.29) is 29.7 Å². The molecule has 3 atom stereocenters. The van der Waals surface area contributed by atoms with Crippen molar-refractivity contribution in [2.24, 2.45) is 0 Å². The van der Waals surface area contributed by atoms with Crippen LogP contribution in [0, 0.1) is 10.1 Å². The molecule has 8 heteroatoms. The zero-order valence-corrected chi connectivity index (χ0v) is 18.5. The first-order valence-electron chi connectivity index (χ1n) is 11.0. The number of nitrogens with zero attached hydrogens (tertiary/aromatic N) is 2. The molecule has 3 unspecified atom stereocenters. The number of hydrazine groups is 1. The van der Waals surface area contributed by atoms with Crippen molar-refractivity contribution in [3.63, 3.8) is 0 Å². The van der Waals surface area contributed by atoms with Gasteiger partial charge in [0.2, 0.25) is 0 Å². The summed E-state index contributed by atoms with van der Waals surface area (Å²) < 4.78 is 5.33. The van der Waals surface area contributed by atoms with Crippen LogP contribution in [0.5, 0.6) is 5.75 Å². The van der Waals surface area contributed by atoms with Crippen molar-refractivity contribution >= 4 is 17.3 Å². The Morgan fingerprint density at radius 2 is 1.71 bits per heavy atom. The Bertz CT molecular complexity index is 1230. The molecule has 1 fully saturated rings. The molecule has 0 aliphatic carbocycles. The number of nitrogens with one attached hydrogen (secondary N) is 2. The van der Waals surface area contributed by atoms with Crippen LogP contribution < -0.4 is 15.5 Å². The van der Waals surface area contributed by atoms with E-state index in [1.165, 1.54) is 23.8 Å². The molecule has 3 aromatic rings. The smallest absolute Gasteiger partial charge is 0.269 e. The summed E-state index contributed by atoms with van der Waals surface area (Å²) in [4.78, 5) is 23.7. The average Bonchev–Trinajstić information content (AvgIpc) is 3.23. The number of carbonyl (C=O) groups is 1. The molecule has 8 nitrogen and oxygen atoms in total. The molecule has 0 bridgehead atoms. The molecule has 1 saturated heterocycles. The molecule has 0 radical (unpaired) electrons. The van der Waals surface area contributed by atoms with Crippen LogP contribution in [-0.2, 0) is 11.2 Å². The first-order chi connectivity index (χ1) is 16.5. The van der Waals surface area contributed by atoms with Gasteiger partial charge in [0.15, 0.2) is 0 Å². The van der Waals surface area contributed by atoms with Crippen molar-refractivity contribution in [2.75, 3.05) is 7.11 Å². The van der Waals surface area contributed by atoms with Gasteiger partial charge in [0.05, 0.1) is 12.0 Å². The number of nitro benzene ring substituents is 1. The molecule has 2 aliphatic rings. The molecule has 172 valence electrons. The molecule has 34 heavy (non-hydrogen) atoms. The van der Waals surface area contributed by atoms with Crippen molar-refractivity contribution in [3.05, 3.63) is 112 Å². The number of rotatable bonds is 6. The number of methoxy groups -OCH3 is 1. The second-order valence-electron chi connectivity index (χ2n) is 8.38. The van der Waals surface area contributed by atoms with E-state index >= 15 is 0 Å². The van der Waals surface area contributed by atoms with E-state index < -0.39 is 4.92 Å². The molecule has 0 spiro atoms. The fourth-order valence-corrected chi connectivity index (χ4v) is 4.68. The molecule has 0 saturated carbocycles. The van der Waals surface area contributed by atoms with E-state index in [4.69, 9.17) is 4.74 Å². The van der Waals surface area contributed by atoms with Crippen LogP contribution in [0.3, 0.4) is 0 Å². The van der Waals surface area contributed by atoms with Gasteiger partial charge in [0.1, 0.15) is 11.9 Å². The normalized spacial score (nSPS) is 21.4. The van der Waals surface area contributed by atoms with Crippen molar-refractivity contribution in [1.29, 1.82) is 0 Å². The van der Waals surface area contributed by atoms with Crippen molar-refractivity contribution in [3.8, 4) is 5.75 Å². The fraction of sp³-hybridized carbons (Fsp3) is 0.192. The molecule has 5 rings (SSSR count). The average molecular weight is 457 g/mol. The lowest BCUT2D eigenvalue weighted by Crippen LogP contribution is -2.52. The minimum absolute atomic E-state index is 0.00896. The number of fused-ring (bicyclic) bond motifs is 1. The zero-order chi connectivity index (χ0) is 23.7. The maximum atomic E-state index is 13.1. The fourth-order valence-electron chi connectivity index (χ4n) is 4.68. The van der Waals surface area contributed by atoms with Gasteiger partial charge in [-0.05, 0) is 47.4 Å². The van der Waals surface area contributed by atoms with Crippen LogP contribution in [0.4, 0.5) is 5.69 Å². The van der Waals surface area contributed by atoms with Crippen LogP contribution >= 0.6 is 0 Å². The maximum Gasteiger partial charge on any atom is 0.269 e. The van der Waals surface area contributed by atoms with Crippen LogP contribution in [0.1, 0.15) is 22.6 Å². The van der Waals surface area contributed by atoms with E-state index in [0.29, 0.717) is 5.70 Å². The van der Waals surface area contributed by atoms with Crippen LogP contribution in [0.2, 0.25) is 0 Å². The Kier molecular flexibility index (Phi) is 5.73. The minimum atomic E-state index is -0.436. The maximum absolute atomic E-state index is 13.1. The minimum Gasteiger partial charge on any atom is -0.497 e. The summed E-state index contributed by atoms with van der Waals surface area (Å²) in [5.74, 6) is 0.563. The van der Waals surface area contributed by atoms with Gasteiger partial charge in [0.25, 0.3) is 11.6 Å². The van der Waals surface area contributed by atoms with E-state index in [2.05, 4.69) is 22.9 Å². The Balaban J connectivity index is 1.48. The molecule has 2 heterocycles. The number of non-ortho nitro benzene ring substituents is 1. The highest BCUT2D eigenvalue weighted by atomic mass is 16.6. The monoisotopic (exact) mass is 456 g/mol. The zero-order valence-electron chi connectivity index (χ0n) is 18.5. The Hall–Kier alpha value is -4.17. The summed E-state index contributed by atoms with van der Waals surface area (Å²) in [6.07, 6.45) is 1.94. The quantitative estimate of drug-likeness (QED) is 0.435. The predicted octanol–water partition coefficient (Wildman–Crippen LogP) is 3.62. The number of ether oxygens (including phenoxy) is 1. The summed E-state index contributed by atoms with van der Waals surface area (Å²) in [7, 11) is 1.63. The Morgan fingerprint density at radius 1 is 1.00 bits per heavy atom. The van der Waals surface area contributed by atoms with Gasteiger partial charge in [-0.1, -0.05) is 42.5 Å². The summed E-state index contributed by atoms with van der Waals surface area (Å²) in [5.41, 5.74) is 7.04. The molecule has 2 aliphatic heterocycles. The number of benzene rings is 3. The third kappa shape index (κ3) is 4.11. The summed E-state index contributed by atoms with van der Waals surface area (Å²) >= 11 is 0. The highest BCUT2D eigenvalue weighted by Gasteiger charge is 2.46. The SMILES string of the molecule is COc1ccc(C2C(Cc3ccccc3)NN3C(=O)C=C(c4ccc([N+](=O)[O-])cc4)NC23)cc1. The third-order valence-electron chi connectivity index (χ3n) is 6.35. The van der Waals surface area contributed by atoms with E-state index in [0.717, 1.165) is 23.3 Å². The van der Waals surface area contributed by atoms with Gasteiger partial charge < -0.3 is 10.1 Å². The van der Waals surface area contributed by atoms with E-state index in [9.17, 15) is 14.9 Å². The second-order valence-corrected chi connectivity index (χ2v) is 8.38. The van der Waals surface area contributed by atoms with Gasteiger partial charge in [0, 0.05) is 35.9 Å². The van der Waals surface area contributed by atoms with E-state index in [1.54, 1.807) is 24.3 Å². The summed E-state index contributed by atoms with van der Waals surface area (Å²) in [5, 5.41) is 16.2. The largest absolute Gasteiger partial charge is 0.497 e. The Morgan fingerprint density at radius 3 is 2.35 bits per heavy atom. The lowest BCUT2D eigenvalue weighted by Gasteiger charge is -2.33. The topological polar surface area (TPSA) is 96.7 Å². The number of carbonyl (C=O) groups excluding carboxylic acids is 1. The first kappa shape index (κ1) is 21.7. The summed E-state index contributed by atoms with van der Waals surface area (Å²) in [6.45, 7) is 0. The molecular formula is C26H24N4O4. The lowest BCUT2D eigenvalue weighted by atomic mass is 9.86. The van der Waals surface area contributed by atoms with Crippen molar-refractivity contribution < 1.29 is 14.5 Å². The van der Waals surface area contributed by atoms with E-state index in [1.807, 2.05) is 42.5 Å². The van der Waals surface area contributed by atoms with Crippen LogP contribution in [0.25, 0.3) is 5.70 Å². The van der Waals surface area contributed by atoms with Gasteiger partial charge in [-0.25, -0.2) is 5.43 Å². The number of nitro groups is 1. The Labute approximate surface area is 197 Å². The second kappa shape index (κ2) is 8.99. The molecule has 1 amide bonds.